The van der Waals surface area contributed by atoms with Gasteiger partial charge >= 0.3 is 0 Å². The Balaban J connectivity index is 2.29. The largest absolute Gasteiger partial charge is 0.337 e. The van der Waals surface area contributed by atoms with Crippen LogP contribution in [0.15, 0.2) is 16.9 Å². The van der Waals surface area contributed by atoms with E-state index in [0.29, 0.717) is 0 Å². The molecule has 0 amide bonds. The molecular formula is C12H18BrN5. The smallest absolute Gasteiger partial charge is 0.125 e. The van der Waals surface area contributed by atoms with Gasteiger partial charge in [0.05, 0.1) is 21.9 Å². The second-order valence-corrected chi connectivity index (χ2v) is 5.20. The zero-order chi connectivity index (χ0) is 13.3. The van der Waals surface area contributed by atoms with Crippen LogP contribution >= 0.6 is 15.9 Å². The van der Waals surface area contributed by atoms with Crippen molar-refractivity contribution in [2.45, 2.75) is 19.4 Å². The van der Waals surface area contributed by atoms with Crippen LogP contribution in [0, 0.1) is 6.92 Å². The summed E-state index contributed by atoms with van der Waals surface area (Å²) in [6, 6.07) is 0.177. The van der Waals surface area contributed by atoms with Crippen molar-refractivity contribution < 1.29 is 0 Å². The minimum atomic E-state index is 0.177. The van der Waals surface area contributed by atoms with E-state index in [-0.39, 0.29) is 6.04 Å². The molecule has 2 aromatic rings. The van der Waals surface area contributed by atoms with Gasteiger partial charge in [-0.05, 0) is 29.9 Å². The van der Waals surface area contributed by atoms with Crippen molar-refractivity contribution in [3.05, 3.63) is 34.1 Å². The molecule has 1 N–H and O–H groups in total. The van der Waals surface area contributed by atoms with Crippen LogP contribution in [0.3, 0.4) is 0 Å². The molecule has 0 radical (unpaired) electrons. The highest BCUT2D eigenvalue weighted by molar-refractivity contribution is 9.10. The molecule has 0 aliphatic heterocycles. The lowest BCUT2D eigenvalue weighted by atomic mass is 10.1. The average molecular weight is 312 g/mol. The molecule has 0 saturated carbocycles. The Bertz CT molecular complexity index is 543. The summed E-state index contributed by atoms with van der Waals surface area (Å²) in [7, 11) is 5.94. The van der Waals surface area contributed by atoms with Gasteiger partial charge in [-0.2, -0.15) is 5.10 Å². The fourth-order valence-electron chi connectivity index (χ4n) is 2.13. The van der Waals surface area contributed by atoms with Crippen molar-refractivity contribution in [1.82, 2.24) is 24.6 Å². The third-order valence-electron chi connectivity index (χ3n) is 3.18. The van der Waals surface area contributed by atoms with Gasteiger partial charge in [-0.25, -0.2) is 4.98 Å². The summed E-state index contributed by atoms with van der Waals surface area (Å²) in [6.45, 7) is 2.00. The molecule has 0 saturated heterocycles. The average Bonchev–Trinajstić information content (AvgIpc) is 2.84. The van der Waals surface area contributed by atoms with Gasteiger partial charge in [-0.15, -0.1) is 0 Å². The molecule has 2 heterocycles. The summed E-state index contributed by atoms with van der Waals surface area (Å²) in [5.74, 6) is 1.03. The van der Waals surface area contributed by atoms with E-state index in [4.69, 9.17) is 0 Å². The Labute approximate surface area is 115 Å². The van der Waals surface area contributed by atoms with Gasteiger partial charge in [-0.3, -0.25) is 4.68 Å². The lowest BCUT2D eigenvalue weighted by Crippen LogP contribution is -2.23. The van der Waals surface area contributed by atoms with Crippen molar-refractivity contribution in [1.29, 1.82) is 0 Å². The topological polar surface area (TPSA) is 47.7 Å². The summed E-state index contributed by atoms with van der Waals surface area (Å²) in [4.78, 5) is 4.40. The normalized spacial score (nSPS) is 12.9. The number of nitrogens with one attached hydrogen (secondary N) is 1. The maximum atomic E-state index is 4.42. The summed E-state index contributed by atoms with van der Waals surface area (Å²) in [5.41, 5.74) is 2.19. The Morgan fingerprint density at radius 2 is 2.17 bits per heavy atom. The number of likely N-dealkylation sites (N-methyl/N-ethyl adjacent to an activating group) is 1. The first-order valence-electron chi connectivity index (χ1n) is 5.87. The maximum absolute atomic E-state index is 4.42. The predicted molar refractivity (Wildman–Crippen MR) is 74.4 cm³/mol. The number of aromatic nitrogens is 4. The number of hydrogen-bond acceptors (Lipinski definition) is 3. The molecule has 1 unspecified atom stereocenters. The van der Waals surface area contributed by atoms with E-state index in [1.165, 1.54) is 5.69 Å². The fourth-order valence-corrected chi connectivity index (χ4v) is 2.63. The molecule has 2 rings (SSSR count). The summed E-state index contributed by atoms with van der Waals surface area (Å²) in [6.07, 6.45) is 4.63. The number of aryl methyl sites for hydroxylation is 3. The molecule has 0 fully saturated rings. The second-order valence-electron chi connectivity index (χ2n) is 4.41. The van der Waals surface area contributed by atoms with Crippen molar-refractivity contribution in [3.8, 4) is 0 Å². The zero-order valence-electron chi connectivity index (χ0n) is 11.1. The number of rotatable bonds is 4. The van der Waals surface area contributed by atoms with Crippen LogP contribution < -0.4 is 5.32 Å². The van der Waals surface area contributed by atoms with Crippen LogP contribution in [-0.2, 0) is 20.5 Å². The Hall–Kier alpha value is -1.14. The molecule has 2 aromatic heterocycles. The Kier molecular flexibility index (Phi) is 3.87. The quantitative estimate of drug-likeness (QED) is 0.935. The highest BCUT2D eigenvalue weighted by Gasteiger charge is 2.19. The van der Waals surface area contributed by atoms with E-state index in [1.54, 1.807) is 0 Å². The first kappa shape index (κ1) is 13.3. The summed E-state index contributed by atoms with van der Waals surface area (Å²) in [5, 5.41) is 7.73. The standard InChI is InChI=1S/C12H18BrN5/c1-8-11(13)10(18(4)16-8)7-9(14-2)12-15-5-6-17(12)3/h5-6,9,14H,7H2,1-4H3. The number of hydrogen-bond donors (Lipinski definition) is 1. The molecule has 0 aromatic carbocycles. The molecule has 5 nitrogen and oxygen atoms in total. The molecule has 0 aliphatic carbocycles. The number of nitrogens with zero attached hydrogens (tertiary/aromatic N) is 4. The molecular weight excluding hydrogens is 294 g/mol. The van der Waals surface area contributed by atoms with E-state index in [0.717, 1.165) is 22.4 Å². The van der Waals surface area contributed by atoms with Gasteiger partial charge in [0.2, 0.25) is 0 Å². The minimum Gasteiger partial charge on any atom is -0.337 e. The molecule has 1 atom stereocenters. The highest BCUT2D eigenvalue weighted by Crippen LogP contribution is 2.25. The lowest BCUT2D eigenvalue weighted by molar-refractivity contribution is 0.518. The molecule has 98 valence electrons. The molecule has 0 bridgehead atoms. The first-order chi connectivity index (χ1) is 8.54. The van der Waals surface area contributed by atoms with Crippen LogP contribution in [0.4, 0.5) is 0 Å². The molecule has 18 heavy (non-hydrogen) atoms. The van der Waals surface area contributed by atoms with Crippen LogP contribution in [0.1, 0.15) is 23.3 Å². The molecule has 0 aliphatic rings. The second kappa shape index (κ2) is 5.24. The number of imidazole rings is 1. The van der Waals surface area contributed by atoms with Gasteiger partial charge in [0, 0.05) is 32.9 Å². The monoisotopic (exact) mass is 311 g/mol. The van der Waals surface area contributed by atoms with E-state index in [9.17, 15) is 0 Å². The van der Waals surface area contributed by atoms with Crippen molar-refractivity contribution >= 4 is 15.9 Å². The van der Waals surface area contributed by atoms with E-state index >= 15 is 0 Å². The SMILES string of the molecule is CNC(Cc1c(Br)c(C)nn1C)c1nccn1C. The highest BCUT2D eigenvalue weighted by atomic mass is 79.9. The van der Waals surface area contributed by atoms with Crippen LogP contribution in [-0.4, -0.2) is 26.4 Å². The minimum absolute atomic E-state index is 0.177. The predicted octanol–water partition coefficient (Wildman–Crippen LogP) is 1.73. The van der Waals surface area contributed by atoms with Crippen LogP contribution in [0.25, 0.3) is 0 Å². The Morgan fingerprint density at radius 3 is 2.61 bits per heavy atom. The van der Waals surface area contributed by atoms with Gasteiger partial charge < -0.3 is 9.88 Å². The van der Waals surface area contributed by atoms with Crippen LogP contribution in [0.5, 0.6) is 0 Å². The maximum Gasteiger partial charge on any atom is 0.125 e. The summed E-state index contributed by atoms with van der Waals surface area (Å²) < 4.78 is 5.05. The third kappa shape index (κ3) is 2.35. The lowest BCUT2D eigenvalue weighted by Gasteiger charge is -2.16. The molecule has 6 heteroatoms. The van der Waals surface area contributed by atoms with Gasteiger partial charge in [0.1, 0.15) is 5.82 Å². The zero-order valence-corrected chi connectivity index (χ0v) is 12.7. The number of halogens is 1. The van der Waals surface area contributed by atoms with E-state index in [1.807, 2.05) is 49.7 Å². The fraction of sp³-hybridized carbons (Fsp3) is 0.500. The van der Waals surface area contributed by atoms with Crippen molar-refractivity contribution in [3.63, 3.8) is 0 Å². The van der Waals surface area contributed by atoms with Crippen molar-refractivity contribution in [2.75, 3.05) is 7.05 Å². The van der Waals surface area contributed by atoms with Gasteiger partial charge in [-0.1, -0.05) is 0 Å². The van der Waals surface area contributed by atoms with E-state index < -0.39 is 0 Å². The first-order valence-corrected chi connectivity index (χ1v) is 6.66. The van der Waals surface area contributed by atoms with Gasteiger partial charge in [0.15, 0.2) is 0 Å². The molecule has 0 spiro atoms. The summed E-state index contributed by atoms with van der Waals surface area (Å²) >= 11 is 3.60. The van der Waals surface area contributed by atoms with Crippen molar-refractivity contribution in [2.24, 2.45) is 14.1 Å². The van der Waals surface area contributed by atoms with E-state index in [2.05, 4.69) is 31.3 Å². The Morgan fingerprint density at radius 1 is 1.44 bits per heavy atom. The third-order valence-corrected chi connectivity index (χ3v) is 4.21. The van der Waals surface area contributed by atoms with Gasteiger partial charge in [0.25, 0.3) is 0 Å². The van der Waals surface area contributed by atoms with Crippen LogP contribution in [0.2, 0.25) is 0 Å².